The number of pyridine rings is 1. The molecule has 1 aromatic rings. The fraction of sp³-hybridized carbons (Fsp3) is 0.222. The van der Waals surface area contributed by atoms with Gasteiger partial charge in [0.2, 0.25) is 0 Å². The second kappa shape index (κ2) is 2.65. The van der Waals surface area contributed by atoms with Crippen LogP contribution in [0.25, 0.3) is 0 Å². The molecule has 0 aromatic carbocycles. The van der Waals surface area contributed by atoms with Gasteiger partial charge in [-0.1, -0.05) is 0 Å². The Morgan fingerprint density at radius 3 is 3.00 bits per heavy atom. The fourth-order valence-corrected chi connectivity index (χ4v) is 1.51. The summed E-state index contributed by atoms with van der Waals surface area (Å²) in [5.41, 5.74) is 1.72. The van der Waals surface area contributed by atoms with Crippen LogP contribution in [-0.2, 0) is 6.54 Å². The maximum atomic E-state index is 11.5. The van der Waals surface area contributed by atoms with Crippen molar-refractivity contribution in [1.29, 1.82) is 0 Å². The number of nitrogens with zero attached hydrogens (tertiary/aromatic N) is 2. The average molecular weight is 176 g/mol. The molecule has 0 saturated carbocycles. The predicted octanol–water partition coefficient (Wildman–Crippen LogP) is 0.480. The topological polar surface area (TPSA) is 50.3 Å². The van der Waals surface area contributed by atoms with Crippen molar-refractivity contribution < 1.29 is 9.59 Å². The summed E-state index contributed by atoms with van der Waals surface area (Å²) >= 11 is 0. The number of rotatable bonds is 1. The van der Waals surface area contributed by atoms with E-state index in [0.717, 1.165) is 5.56 Å². The molecular formula is C9H8N2O2. The lowest BCUT2D eigenvalue weighted by atomic mass is 10.1. The van der Waals surface area contributed by atoms with Crippen molar-refractivity contribution in [3.63, 3.8) is 0 Å². The van der Waals surface area contributed by atoms with E-state index in [1.54, 1.807) is 18.1 Å². The maximum absolute atomic E-state index is 11.5. The minimum Gasteiger partial charge on any atom is -0.337 e. The molecule has 0 spiro atoms. The average Bonchev–Trinajstić information content (AvgIpc) is 2.43. The molecule has 2 heterocycles. The van der Waals surface area contributed by atoms with Crippen LogP contribution in [0.2, 0.25) is 0 Å². The summed E-state index contributed by atoms with van der Waals surface area (Å²) in [6, 6.07) is 0. The van der Waals surface area contributed by atoms with Crippen LogP contribution < -0.4 is 0 Å². The van der Waals surface area contributed by atoms with Gasteiger partial charge in [0.15, 0.2) is 6.29 Å². The lowest BCUT2D eigenvalue weighted by Gasteiger charge is -2.04. The molecule has 0 saturated heterocycles. The van der Waals surface area contributed by atoms with Gasteiger partial charge in [0.1, 0.15) is 0 Å². The van der Waals surface area contributed by atoms with Crippen molar-refractivity contribution in [2.75, 3.05) is 7.05 Å². The van der Waals surface area contributed by atoms with Crippen LogP contribution in [0, 0.1) is 0 Å². The second-order valence-corrected chi connectivity index (χ2v) is 3.04. The molecule has 0 fully saturated rings. The van der Waals surface area contributed by atoms with Crippen molar-refractivity contribution in [3.8, 4) is 0 Å². The lowest BCUT2D eigenvalue weighted by Crippen LogP contribution is -2.18. The predicted molar refractivity (Wildman–Crippen MR) is 45.4 cm³/mol. The Morgan fingerprint density at radius 1 is 1.54 bits per heavy atom. The van der Waals surface area contributed by atoms with E-state index in [0.29, 0.717) is 24.0 Å². The molecule has 0 unspecified atom stereocenters. The Hall–Kier alpha value is -1.71. The van der Waals surface area contributed by atoms with E-state index in [1.807, 2.05) is 0 Å². The molecule has 0 aliphatic carbocycles. The highest BCUT2D eigenvalue weighted by molar-refractivity contribution is 6.04. The lowest BCUT2D eigenvalue weighted by molar-refractivity contribution is 0.0814. The number of aromatic nitrogens is 1. The highest BCUT2D eigenvalue weighted by Crippen LogP contribution is 2.22. The minimum atomic E-state index is -0.0977. The zero-order valence-corrected chi connectivity index (χ0v) is 7.15. The molecule has 0 radical (unpaired) electrons. The number of amides is 1. The Balaban J connectivity index is 2.64. The molecule has 0 N–H and O–H groups in total. The smallest absolute Gasteiger partial charge is 0.255 e. The quantitative estimate of drug-likeness (QED) is 0.585. The van der Waals surface area contributed by atoms with Crippen LogP contribution in [0.4, 0.5) is 0 Å². The van der Waals surface area contributed by atoms with Crippen LogP contribution >= 0.6 is 0 Å². The van der Waals surface area contributed by atoms with Gasteiger partial charge < -0.3 is 4.90 Å². The molecule has 4 heteroatoms. The van der Waals surface area contributed by atoms with Crippen molar-refractivity contribution in [2.45, 2.75) is 6.54 Å². The molecule has 1 amide bonds. The summed E-state index contributed by atoms with van der Waals surface area (Å²) in [5, 5.41) is 0. The number of aldehydes is 1. The number of fused-ring (bicyclic) bond motifs is 1. The zero-order valence-electron chi connectivity index (χ0n) is 7.15. The molecule has 1 aromatic heterocycles. The van der Waals surface area contributed by atoms with Gasteiger partial charge in [-0.3, -0.25) is 14.6 Å². The third-order valence-corrected chi connectivity index (χ3v) is 2.15. The second-order valence-electron chi connectivity index (χ2n) is 3.04. The SMILES string of the molecule is CN1Cc2cncc(C=O)c2C1=O. The monoisotopic (exact) mass is 176 g/mol. The van der Waals surface area contributed by atoms with E-state index in [9.17, 15) is 9.59 Å². The summed E-state index contributed by atoms with van der Waals surface area (Å²) < 4.78 is 0. The normalized spacial score (nSPS) is 14.5. The van der Waals surface area contributed by atoms with Crippen molar-refractivity contribution in [1.82, 2.24) is 9.88 Å². The summed E-state index contributed by atoms with van der Waals surface area (Å²) in [6.07, 6.45) is 3.72. The Labute approximate surface area is 75.2 Å². The standard InChI is InChI=1S/C9H8N2O2/c1-11-4-6-2-10-3-7(5-12)8(6)9(11)13/h2-3,5H,4H2,1H3. The summed E-state index contributed by atoms with van der Waals surface area (Å²) in [7, 11) is 1.71. The third-order valence-electron chi connectivity index (χ3n) is 2.15. The van der Waals surface area contributed by atoms with Crippen LogP contribution in [-0.4, -0.2) is 29.1 Å². The molecular weight excluding hydrogens is 168 g/mol. The van der Waals surface area contributed by atoms with Crippen LogP contribution in [0.1, 0.15) is 26.3 Å². The van der Waals surface area contributed by atoms with Crippen molar-refractivity contribution in [2.24, 2.45) is 0 Å². The highest BCUT2D eigenvalue weighted by Gasteiger charge is 2.27. The highest BCUT2D eigenvalue weighted by atomic mass is 16.2. The van der Waals surface area contributed by atoms with E-state index >= 15 is 0 Å². The van der Waals surface area contributed by atoms with Gasteiger partial charge in [-0.15, -0.1) is 0 Å². The Morgan fingerprint density at radius 2 is 2.31 bits per heavy atom. The van der Waals surface area contributed by atoms with Gasteiger partial charge in [0, 0.05) is 37.1 Å². The fourth-order valence-electron chi connectivity index (χ4n) is 1.51. The first-order valence-corrected chi connectivity index (χ1v) is 3.91. The first-order chi connectivity index (χ1) is 6.24. The summed E-state index contributed by atoms with van der Waals surface area (Å²) in [6.45, 7) is 0.544. The molecule has 13 heavy (non-hydrogen) atoms. The van der Waals surface area contributed by atoms with E-state index in [2.05, 4.69) is 4.98 Å². The van der Waals surface area contributed by atoms with Gasteiger partial charge in [0.05, 0.1) is 5.56 Å². The molecule has 0 bridgehead atoms. The largest absolute Gasteiger partial charge is 0.337 e. The van der Waals surface area contributed by atoms with E-state index < -0.39 is 0 Å². The van der Waals surface area contributed by atoms with E-state index in [1.165, 1.54) is 6.20 Å². The minimum absolute atomic E-state index is 0.0977. The Kier molecular flexibility index (Phi) is 1.62. The zero-order chi connectivity index (χ0) is 9.42. The molecule has 2 rings (SSSR count). The number of hydrogen-bond acceptors (Lipinski definition) is 3. The number of carbonyl (C=O) groups excluding carboxylic acids is 2. The number of hydrogen-bond donors (Lipinski definition) is 0. The first-order valence-electron chi connectivity index (χ1n) is 3.91. The van der Waals surface area contributed by atoms with E-state index in [-0.39, 0.29) is 5.91 Å². The van der Waals surface area contributed by atoms with Crippen LogP contribution in [0.5, 0.6) is 0 Å². The molecule has 4 nitrogen and oxygen atoms in total. The number of carbonyl (C=O) groups is 2. The van der Waals surface area contributed by atoms with Gasteiger partial charge in [-0.25, -0.2) is 0 Å². The first kappa shape index (κ1) is 7.91. The van der Waals surface area contributed by atoms with Crippen molar-refractivity contribution >= 4 is 12.2 Å². The van der Waals surface area contributed by atoms with Crippen LogP contribution in [0.3, 0.4) is 0 Å². The third kappa shape index (κ3) is 1.02. The Bertz CT molecular complexity index is 387. The molecule has 0 atom stereocenters. The van der Waals surface area contributed by atoms with Gasteiger partial charge in [-0.05, 0) is 0 Å². The summed E-state index contributed by atoms with van der Waals surface area (Å²) in [4.78, 5) is 27.6. The molecule has 1 aliphatic heterocycles. The van der Waals surface area contributed by atoms with Crippen LogP contribution in [0.15, 0.2) is 12.4 Å². The summed E-state index contributed by atoms with van der Waals surface area (Å²) in [5.74, 6) is -0.0977. The van der Waals surface area contributed by atoms with Gasteiger partial charge >= 0.3 is 0 Å². The maximum Gasteiger partial charge on any atom is 0.255 e. The van der Waals surface area contributed by atoms with Gasteiger partial charge in [-0.2, -0.15) is 0 Å². The van der Waals surface area contributed by atoms with Crippen molar-refractivity contribution in [3.05, 3.63) is 29.1 Å². The molecule has 1 aliphatic rings. The van der Waals surface area contributed by atoms with E-state index in [4.69, 9.17) is 0 Å². The van der Waals surface area contributed by atoms with Gasteiger partial charge in [0.25, 0.3) is 5.91 Å². The molecule has 66 valence electrons.